The normalized spacial score (nSPS) is 20.3. The Morgan fingerprint density at radius 3 is 2.76 bits per heavy atom. The molecule has 0 aromatic carbocycles. The van der Waals surface area contributed by atoms with Crippen LogP contribution in [0.4, 0.5) is 0 Å². The zero-order valence-electron chi connectivity index (χ0n) is 9.60. The smallest absolute Gasteiger partial charge is 0.264 e. The third-order valence-electron chi connectivity index (χ3n) is 2.72. The number of nitrogens with two attached hydrogens (primary N) is 1. The van der Waals surface area contributed by atoms with Crippen LogP contribution in [0.25, 0.3) is 0 Å². The van der Waals surface area contributed by atoms with E-state index in [1.54, 1.807) is 17.0 Å². The van der Waals surface area contributed by atoms with E-state index >= 15 is 0 Å². The molecule has 3 N–H and O–H groups in total. The standard InChI is InChI=1S/C11H15N3O2S/c1-7-6-14(5-4-13-7)11(16)9-3-2-8(17-9)10(12)15/h2-3,7,13H,4-6H2,1H3,(H2,12,15). The quantitative estimate of drug-likeness (QED) is 0.795. The van der Waals surface area contributed by atoms with Crippen LogP contribution in [0.1, 0.15) is 26.3 Å². The molecule has 0 aliphatic carbocycles. The van der Waals surface area contributed by atoms with E-state index in [1.807, 2.05) is 6.92 Å². The Balaban J connectivity index is 2.10. The summed E-state index contributed by atoms with van der Waals surface area (Å²) in [5.74, 6) is -0.501. The largest absolute Gasteiger partial charge is 0.365 e. The number of thiophene rings is 1. The minimum absolute atomic E-state index is 0.0177. The number of primary amides is 1. The van der Waals surface area contributed by atoms with Gasteiger partial charge in [0.25, 0.3) is 11.8 Å². The fraction of sp³-hybridized carbons (Fsp3) is 0.455. The monoisotopic (exact) mass is 253 g/mol. The lowest BCUT2D eigenvalue weighted by Crippen LogP contribution is -2.51. The van der Waals surface area contributed by atoms with E-state index < -0.39 is 5.91 Å². The number of carbonyl (C=O) groups excluding carboxylic acids is 2. The molecule has 1 saturated heterocycles. The number of nitrogens with zero attached hydrogens (tertiary/aromatic N) is 1. The number of nitrogens with one attached hydrogen (secondary N) is 1. The first-order valence-corrected chi connectivity index (χ1v) is 6.32. The average molecular weight is 253 g/mol. The molecule has 0 radical (unpaired) electrons. The summed E-state index contributed by atoms with van der Waals surface area (Å²) >= 11 is 1.16. The maximum atomic E-state index is 12.1. The van der Waals surface area contributed by atoms with Gasteiger partial charge >= 0.3 is 0 Å². The van der Waals surface area contributed by atoms with E-state index in [4.69, 9.17) is 5.73 Å². The highest BCUT2D eigenvalue weighted by molar-refractivity contribution is 7.15. The minimum Gasteiger partial charge on any atom is -0.365 e. The SMILES string of the molecule is CC1CN(C(=O)c2ccc(C(N)=O)s2)CCN1. The Hall–Kier alpha value is -1.40. The predicted molar refractivity (Wildman–Crippen MR) is 66.2 cm³/mol. The van der Waals surface area contributed by atoms with Gasteiger partial charge < -0.3 is 16.0 Å². The maximum Gasteiger partial charge on any atom is 0.264 e. The molecule has 2 rings (SSSR count). The molecule has 1 aliphatic heterocycles. The third kappa shape index (κ3) is 2.65. The second-order valence-corrected chi connectivity index (χ2v) is 5.22. The first kappa shape index (κ1) is 12.1. The molecule has 2 amide bonds. The van der Waals surface area contributed by atoms with E-state index in [9.17, 15) is 9.59 Å². The second kappa shape index (κ2) is 4.85. The van der Waals surface area contributed by atoms with Crippen molar-refractivity contribution in [2.75, 3.05) is 19.6 Å². The number of amides is 2. The van der Waals surface area contributed by atoms with Crippen molar-refractivity contribution in [3.63, 3.8) is 0 Å². The molecule has 17 heavy (non-hydrogen) atoms. The Bertz CT molecular complexity index is 444. The number of carbonyl (C=O) groups is 2. The van der Waals surface area contributed by atoms with Crippen LogP contribution in [0.2, 0.25) is 0 Å². The van der Waals surface area contributed by atoms with Gasteiger partial charge in [-0.3, -0.25) is 9.59 Å². The van der Waals surface area contributed by atoms with Gasteiger partial charge in [0.05, 0.1) is 9.75 Å². The maximum absolute atomic E-state index is 12.1. The Kier molecular flexibility index (Phi) is 3.44. The van der Waals surface area contributed by atoms with Crippen molar-refractivity contribution in [1.82, 2.24) is 10.2 Å². The molecular formula is C11H15N3O2S. The fourth-order valence-corrected chi connectivity index (χ4v) is 2.68. The lowest BCUT2D eigenvalue weighted by Gasteiger charge is -2.31. The van der Waals surface area contributed by atoms with Gasteiger partial charge in [-0.1, -0.05) is 0 Å². The zero-order chi connectivity index (χ0) is 12.4. The number of piperazine rings is 1. The molecule has 5 nitrogen and oxygen atoms in total. The van der Waals surface area contributed by atoms with Gasteiger partial charge in [0, 0.05) is 25.7 Å². The number of rotatable bonds is 2. The van der Waals surface area contributed by atoms with E-state index in [0.29, 0.717) is 28.9 Å². The van der Waals surface area contributed by atoms with Gasteiger partial charge in [-0.2, -0.15) is 0 Å². The Morgan fingerprint density at radius 1 is 1.47 bits per heavy atom. The first-order valence-electron chi connectivity index (χ1n) is 5.50. The van der Waals surface area contributed by atoms with E-state index in [2.05, 4.69) is 5.32 Å². The van der Waals surface area contributed by atoms with Crippen LogP contribution >= 0.6 is 11.3 Å². The van der Waals surface area contributed by atoms with Crippen molar-refractivity contribution < 1.29 is 9.59 Å². The summed E-state index contributed by atoms with van der Waals surface area (Å²) in [6.45, 7) is 4.25. The molecule has 6 heteroatoms. The molecule has 92 valence electrons. The molecule has 0 saturated carbocycles. The van der Waals surface area contributed by atoms with Crippen molar-refractivity contribution in [3.05, 3.63) is 21.9 Å². The summed E-state index contributed by atoms with van der Waals surface area (Å²) in [6, 6.07) is 3.58. The molecular weight excluding hydrogens is 238 g/mol. The van der Waals surface area contributed by atoms with Gasteiger partial charge in [-0.25, -0.2) is 0 Å². The first-order chi connectivity index (χ1) is 8.08. The molecule has 1 aromatic heterocycles. The highest BCUT2D eigenvalue weighted by atomic mass is 32.1. The highest BCUT2D eigenvalue weighted by Gasteiger charge is 2.23. The van der Waals surface area contributed by atoms with Crippen LogP contribution in [-0.4, -0.2) is 42.4 Å². The summed E-state index contributed by atoms with van der Waals surface area (Å²) in [6.07, 6.45) is 0. The van der Waals surface area contributed by atoms with Gasteiger partial charge in [-0.05, 0) is 19.1 Å². The van der Waals surface area contributed by atoms with Crippen molar-refractivity contribution in [2.45, 2.75) is 13.0 Å². The lowest BCUT2D eigenvalue weighted by atomic mass is 10.2. The molecule has 1 aliphatic rings. The molecule has 2 heterocycles. The topological polar surface area (TPSA) is 75.4 Å². The van der Waals surface area contributed by atoms with Crippen LogP contribution in [-0.2, 0) is 0 Å². The van der Waals surface area contributed by atoms with E-state index in [-0.39, 0.29) is 5.91 Å². The van der Waals surface area contributed by atoms with E-state index in [1.165, 1.54) is 0 Å². The number of hydrogen-bond acceptors (Lipinski definition) is 4. The van der Waals surface area contributed by atoms with Crippen LogP contribution in [0.15, 0.2) is 12.1 Å². The summed E-state index contributed by atoms with van der Waals surface area (Å²) in [4.78, 5) is 25.9. The molecule has 1 fully saturated rings. The average Bonchev–Trinajstić information content (AvgIpc) is 2.77. The number of hydrogen-bond donors (Lipinski definition) is 2. The lowest BCUT2D eigenvalue weighted by molar-refractivity contribution is 0.0714. The van der Waals surface area contributed by atoms with Gasteiger partial charge in [-0.15, -0.1) is 11.3 Å². The van der Waals surface area contributed by atoms with Gasteiger partial charge in [0.1, 0.15) is 0 Å². The molecule has 0 bridgehead atoms. The summed E-state index contributed by atoms with van der Waals surface area (Å²) in [5, 5.41) is 3.28. The fourth-order valence-electron chi connectivity index (χ4n) is 1.86. The van der Waals surface area contributed by atoms with Crippen molar-refractivity contribution in [2.24, 2.45) is 5.73 Å². The second-order valence-electron chi connectivity index (χ2n) is 4.13. The summed E-state index contributed by atoms with van der Waals surface area (Å²) in [7, 11) is 0. The Labute approximate surface area is 104 Å². The molecule has 1 atom stereocenters. The summed E-state index contributed by atoms with van der Waals surface area (Å²) < 4.78 is 0. The predicted octanol–water partition coefficient (Wildman–Crippen LogP) is 0.281. The molecule has 0 spiro atoms. The van der Waals surface area contributed by atoms with Crippen molar-refractivity contribution in [1.29, 1.82) is 0 Å². The highest BCUT2D eigenvalue weighted by Crippen LogP contribution is 2.18. The van der Waals surface area contributed by atoms with Gasteiger partial charge in [0.2, 0.25) is 0 Å². The Morgan fingerprint density at radius 2 is 2.18 bits per heavy atom. The van der Waals surface area contributed by atoms with Crippen LogP contribution in [0.5, 0.6) is 0 Å². The van der Waals surface area contributed by atoms with E-state index in [0.717, 1.165) is 17.9 Å². The van der Waals surface area contributed by atoms with Crippen molar-refractivity contribution >= 4 is 23.2 Å². The van der Waals surface area contributed by atoms with Crippen LogP contribution in [0.3, 0.4) is 0 Å². The third-order valence-corrected chi connectivity index (χ3v) is 3.80. The molecule has 1 aromatic rings. The summed E-state index contributed by atoms with van der Waals surface area (Å²) in [5.41, 5.74) is 5.16. The van der Waals surface area contributed by atoms with Crippen molar-refractivity contribution in [3.8, 4) is 0 Å². The van der Waals surface area contributed by atoms with Gasteiger partial charge in [0.15, 0.2) is 0 Å². The minimum atomic E-state index is -0.484. The van der Waals surface area contributed by atoms with Crippen LogP contribution in [0, 0.1) is 0 Å². The zero-order valence-corrected chi connectivity index (χ0v) is 10.4. The molecule has 1 unspecified atom stereocenters. The van der Waals surface area contributed by atoms with Crippen LogP contribution < -0.4 is 11.1 Å².